The SMILES string of the molecule is O=C(CN1CCCC1)Nc1cc(Nc2ncc(-c3cncc(-n4ccccc4=O)c3)o2)cc(C(F)(F)F)c1. The van der Waals surface area contributed by atoms with Gasteiger partial charge in [0.25, 0.3) is 11.6 Å². The fraction of sp³-hybridized carbons (Fsp3) is 0.231. The average molecular weight is 525 g/mol. The van der Waals surface area contributed by atoms with Crippen LogP contribution < -0.4 is 16.2 Å². The molecule has 9 nitrogen and oxygen atoms in total. The number of likely N-dealkylation sites (tertiary alicyclic amines) is 1. The summed E-state index contributed by atoms with van der Waals surface area (Å²) in [7, 11) is 0. The first-order valence-corrected chi connectivity index (χ1v) is 11.9. The molecule has 1 aromatic carbocycles. The maximum atomic E-state index is 13.6. The van der Waals surface area contributed by atoms with Crippen LogP contribution in [0.25, 0.3) is 17.0 Å². The Morgan fingerprint density at radius 3 is 2.58 bits per heavy atom. The normalized spacial score (nSPS) is 14.0. The highest BCUT2D eigenvalue weighted by atomic mass is 19.4. The number of hydrogen-bond donors (Lipinski definition) is 2. The maximum absolute atomic E-state index is 13.6. The van der Waals surface area contributed by atoms with Crippen molar-refractivity contribution in [1.82, 2.24) is 19.4 Å². The summed E-state index contributed by atoms with van der Waals surface area (Å²) in [6.07, 6.45) is 3.38. The van der Waals surface area contributed by atoms with Crippen LogP contribution in [-0.2, 0) is 11.0 Å². The highest BCUT2D eigenvalue weighted by Gasteiger charge is 2.31. The number of amides is 1. The van der Waals surface area contributed by atoms with Crippen LogP contribution in [0.2, 0.25) is 0 Å². The Morgan fingerprint density at radius 1 is 1.03 bits per heavy atom. The number of carbonyl (C=O) groups excluding carboxylic acids is 1. The van der Waals surface area contributed by atoms with E-state index >= 15 is 0 Å². The van der Waals surface area contributed by atoms with E-state index < -0.39 is 11.7 Å². The Morgan fingerprint density at radius 2 is 1.82 bits per heavy atom. The van der Waals surface area contributed by atoms with Crippen molar-refractivity contribution in [3.05, 3.63) is 83.2 Å². The van der Waals surface area contributed by atoms with Crippen molar-refractivity contribution in [2.75, 3.05) is 30.3 Å². The molecule has 0 spiro atoms. The molecule has 1 aliphatic heterocycles. The maximum Gasteiger partial charge on any atom is 0.416 e. The molecule has 196 valence electrons. The van der Waals surface area contributed by atoms with Crippen molar-refractivity contribution in [2.45, 2.75) is 19.0 Å². The second kappa shape index (κ2) is 10.5. The summed E-state index contributed by atoms with van der Waals surface area (Å²) >= 11 is 0. The average Bonchev–Trinajstić information content (AvgIpc) is 3.56. The van der Waals surface area contributed by atoms with Gasteiger partial charge in [-0.15, -0.1) is 0 Å². The smallest absolute Gasteiger partial charge is 0.416 e. The molecule has 1 fully saturated rings. The Labute approximate surface area is 214 Å². The Bertz CT molecular complexity index is 1510. The van der Waals surface area contributed by atoms with Crippen LogP contribution in [0.15, 0.2) is 76.5 Å². The van der Waals surface area contributed by atoms with Crippen molar-refractivity contribution in [3.8, 4) is 17.0 Å². The lowest BCUT2D eigenvalue weighted by Gasteiger charge is -2.16. The third-order valence-corrected chi connectivity index (χ3v) is 5.98. The van der Waals surface area contributed by atoms with Crippen molar-refractivity contribution in [3.63, 3.8) is 0 Å². The van der Waals surface area contributed by atoms with Gasteiger partial charge in [0.2, 0.25) is 5.91 Å². The summed E-state index contributed by atoms with van der Waals surface area (Å²) in [6, 6.07) is 9.55. The van der Waals surface area contributed by atoms with Gasteiger partial charge in [-0.1, -0.05) is 6.07 Å². The zero-order chi connectivity index (χ0) is 26.7. The minimum Gasteiger partial charge on any atom is -0.423 e. The molecule has 1 aliphatic rings. The molecule has 1 amide bonds. The predicted octanol–water partition coefficient (Wildman–Crippen LogP) is 4.68. The lowest BCUT2D eigenvalue weighted by atomic mass is 10.1. The number of rotatable bonds is 7. The topological polar surface area (TPSA) is 105 Å². The molecule has 12 heteroatoms. The molecule has 3 aromatic heterocycles. The van der Waals surface area contributed by atoms with E-state index in [2.05, 4.69) is 20.6 Å². The van der Waals surface area contributed by atoms with Crippen LogP contribution in [0, 0.1) is 0 Å². The number of nitrogens with one attached hydrogen (secondary N) is 2. The molecule has 0 bridgehead atoms. The first-order chi connectivity index (χ1) is 18.2. The lowest BCUT2D eigenvalue weighted by Crippen LogP contribution is -2.31. The molecule has 4 aromatic rings. The Kier molecular flexibility index (Phi) is 6.97. The van der Waals surface area contributed by atoms with E-state index in [4.69, 9.17) is 4.42 Å². The van der Waals surface area contributed by atoms with Gasteiger partial charge in [-0.2, -0.15) is 13.2 Å². The standard InChI is InChI=1S/C26H23F3N6O3/c27-26(28,29)18-10-19(32-23(36)16-34-6-3-4-7-34)12-20(11-18)33-25-31-15-22(38-25)17-9-21(14-30-13-17)35-8-2-1-5-24(35)37/h1-2,5,8-15H,3-4,6-7,16H2,(H,31,33)(H,32,36). The molecule has 1 saturated heterocycles. The number of nitrogens with zero attached hydrogens (tertiary/aromatic N) is 4. The number of pyridine rings is 2. The van der Waals surface area contributed by atoms with E-state index in [9.17, 15) is 22.8 Å². The van der Waals surface area contributed by atoms with E-state index in [0.29, 0.717) is 11.3 Å². The summed E-state index contributed by atoms with van der Waals surface area (Å²) < 4.78 is 47.8. The third-order valence-electron chi connectivity index (χ3n) is 5.98. The summed E-state index contributed by atoms with van der Waals surface area (Å²) in [6.45, 7) is 1.69. The molecule has 2 N–H and O–H groups in total. The fourth-order valence-electron chi connectivity index (χ4n) is 4.20. The van der Waals surface area contributed by atoms with Gasteiger partial charge in [0.1, 0.15) is 0 Å². The first kappa shape index (κ1) is 25.2. The molecule has 0 atom stereocenters. The highest BCUT2D eigenvalue weighted by molar-refractivity contribution is 5.93. The van der Waals surface area contributed by atoms with Crippen LogP contribution in [0.1, 0.15) is 18.4 Å². The zero-order valence-electron chi connectivity index (χ0n) is 20.0. The molecular weight excluding hydrogens is 501 g/mol. The second-order valence-corrected chi connectivity index (χ2v) is 8.82. The fourth-order valence-corrected chi connectivity index (χ4v) is 4.20. The summed E-state index contributed by atoms with van der Waals surface area (Å²) in [5.41, 5.74) is -0.116. The minimum absolute atomic E-state index is 0.00325. The minimum atomic E-state index is -4.63. The summed E-state index contributed by atoms with van der Waals surface area (Å²) in [5.74, 6) is -0.0996. The highest BCUT2D eigenvalue weighted by Crippen LogP contribution is 2.34. The van der Waals surface area contributed by atoms with Crippen LogP contribution >= 0.6 is 0 Å². The number of halogens is 3. The molecule has 38 heavy (non-hydrogen) atoms. The van der Waals surface area contributed by atoms with Gasteiger partial charge < -0.3 is 15.1 Å². The summed E-state index contributed by atoms with van der Waals surface area (Å²) in [5, 5.41) is 5.29. The van der Waals surface area contributed by atoms with Crippen molar-refractivity contribution < 1.29 is 22.4 Å². The Hall–Kier alpha value is -4.45. The van der Waals surface area contributed by atoms with E-state index in [1.54, 1.807) is 24.4 Å². The predicted molar refractivity (Wildman–Crippen MR) is 134 cm³/mol. The van der Waals surface area contributed by atoms with Gasteiger partial charge in [-0.3, -0.25) is 24.0 Å². The van der Waals surface area contributed by atoms with Crippen molar-refractivity contribution in [1.29, 1.82) is 0 Å². The van der Waals surface area contributed by atoms with Gasteiger partial charge in [0.15, 0.2) is 5.76 Å². The zero-order valence-corrected chi connectivity index (χ0v) is 20.0. The molecule has 5 rings (SSSR count). The van der Waals surface area contributed by atoms with Crippen molar-refractivity contribution >= 4 is 23.3 Å². The number of aromatic nitrogens is 3. The van der Waals surface area contributed by atoms with Gasteiger partial charge in [0, 0.05) is 35.4 Å². The van der Waals surface area contributed by atoms with E-state index in [1.807, 2.05) is 4.90 Å². The number of alkyl halides is 3. The lowest BCUT2D eigenvalue weighted by molar-refractivity contribution is -0.137. The molecule has 0 radical (unpaired) electrons. The molecule has 0 saturated carbocycles. The van der Waals surface area contributed by atoms with Gasteiger partial charge in [0.05, 0.1) is 30.2 Å². The van der Waals surface area contributed by atoms with Crippen LogP contribution in [0.5, 0.6) is 0 Å². The number of anilines is 3. The van der Waals surface area contributed by atoms with E-state index in [1.165, 1.54) is 35.3 Å². The van der Waals surface area contributed by atoms with Gasteiger partial charge in [-0.25, -0.2) is 4.98 Å². The number of benzene rings is 1. The molecule has 4 heterocycles. The van der Waals surface area contributed by atoms with Gasteiger partial charge in [-0.05, 0) is 56.3 Å². The van der Waals surface area contributed by atoms with Gasteiger partial charge >= 0.3 is 6.18 Å². The third kappa shape index (κ3) is 5.92. The molecular formula is C26H23F3N6O3. The number of carbonyl (C=O) groups is 1. The largest absolute Gasteiger partial charge is 0.423 e. The van der Waals surface area contributed by atoms with E-state index in [0.717, 1.165) is 38.1 Å². The van der Waals surface area contributed by atoms with Crippen LogP contribution in [-0.4, -0.2) is 45.0 Å². The number of hydrogen-bond acceptors (Lipinski definition) is 7. The monoisotopic (exact) mass is 524 g/mol. The molecule has 0 aliphatic carbocycles. The van der Waals surface area contributed by atoms with Crippen molar-refractivity contribution in [2.24, 2.45) is 0 Å². The number of oxazole rings is 1. The quantitative estimate of drug-likeness (QED) is 0.362. The first-order valence-electron chi connectivity index (χ1n) is 11.9. The molecule has 0 unspecified atom stereocenters. The van der Waals surface area contributed by atoms with E-state index in [-0.39, 0.29) is 41.2 Å². The summed E-state index contributed by atoms with van der Waals surface area (Å²) in [4.78, 5) is 34.7. The van der Waals surface area contributed by atoms with Crippen LogP contribution in [0.4, 0.5) is 30.6 Å². The Balaban J connectivity index is 1.36. The second-order valence-electron chi connectivity index (χ2n) is 8.82. The van der Waals surface area contributed by atoms with Crippen LogP contribution in [0.3, 0.4) is 0 Å².